The number of benzene rings is 1. The standard InChI is InChI=1S/C20H25F3N2O/c1-13-10-14(12-15(11-13)24-8-9-26-2)16-5-6-18(20(21,22)23)19-17(16)4-3-7-25-19/h3-7,13-15,24H,8-12H2,1-2H3/t13-,14+,15-/m1/s1. The van der Waals surface area contributed by atoms with Crippen molar-refractivity contribution in [2.45, 2.75) is 44.3 Å². The molecule has 0 spiro atoms. The fraction of sp³-hybridized carbons (Fsp3) is 0.550. The van der Waals surface area contributed by atoms with Gasteiger partial charge in [0.1, 0.15) is 0 Å². The van der Waals surface area contributed by atoms with Crippen molar-refractivity contribution in [1.82, 2.24) is 10.3 Å². The second-order valence-electron chi connectivity index (χ2n) is 7.25. The Morgan fingerprint density at radius 3 is 2.73 bits per heavy atom. The predicted octanol–water partition coefficient (Wildman–Crippen LogP) is 4.76. The highest BCUT2D eigenvalue weighted by atomic mass is 19.4. The van der Waals surface area contributed by atoms with E-state index in [1.807, 2.05) is 0 Å². The summed E-state index contributed by atoms with van der Waals surface area (Å²) in [5.41, 5.74) is 0.376. The Morgan fingerprint density at radius 1 is 1.19 bits per heavy atom. The molecule has 2 aromatic rings. The number of methoxy groups -OCH3 is 1. The Bertz CT molecular complexity index is 747. The highest BCUT2D eigenvalue weighted by Gasteiger charge is 2.35. The largest absolute Gasteiger partial charge is 0.418 e. The molecule has 0 aliphatic heterocycles. The first-order valence-corrected chi connectivity index (χ1v) is 9.07. The van der Waals surface area contributed by atoms with E-state index < -0.39 is 11.7 Å². The van der Waals surface area contributed by atoms with Crippen LogP contribution in [0.1, 0.15) is 43.2 Å². The van der Waals surface area contributed by atoms with E-state index in [9.17, 15) is 13.2 Å². The summed E-state index contributed by atoms with van der Waals surface area (Å²) < 4.78 is 45.1. The molecular weight excluding hydrogens is 341 g/mol. The van der Waals surface area contributed by atoms with E-state index >= 15 is 0 Å². The maximum Gasteiger partial charge on any atom is 0.418 e. The van der Waals surface area contributed by atoms with Gasteiger partial charge in [-0.2, -0.15) is 13.2 Å². The molecule has 0 radical (unpaired) electrons. The highest BCUT2D eigenvalue weighted by molar-refractivity contribution is 5.86. The quantitative estimate of drug-likeness (QED) is 0.775. The minimum Gasteiger partial charge on any atom is -0.383 e. The van der Waals surface area contributed by atoms with Crippen molar-refractivity contribution < 1.29 is 17.9 Å². The van der Waals surface area contributed by atoms with Gasteiger partial charge in [0, 0.05) is 31.3 Å². The van der Waals surface area contributed by atoms with Crippen molar-refractivity contribution in [2.75, 3.05) is 20.3 Å². The van der Waals surface area contributed by atoms with Crippen molar-refractivity contribution in [1.29, 1.82) is 0 Å². The van der Waals surface area contributed by atoms with Crippen LogP contribution in [-0.4, -0.2) is 31.3 Å². The van der Waals surface area contributed by atoms with Crippen LogP contribution in [0.4, 0.5) is 13.2 Å². The lowest BCUT2D eigenvalue weighted by Crippen LogP contribution is -2.38. The number of rotatable bonds is 5. The summed E-state index contributed by atoms with van der Waals surface area (Å²) in [6.07, 6.45) is 0.0213. The SMILES string of the molecule is COCCN[C@@H]1C[C@H](C)C[C@H](c2ccc(C(F)(F)F)c3ncccc23)C1. The van der Waals surface area contributed by atoms with Gasteiger partial charge in [0.15, 0.2) is 0 Å². The average molecular weight is 366 g/mol. The van der Waals surface area contributed by atoms with Crippen molar-refractivity contribution in [2.24, 2.45) is 5.92 Å². The van der Waals surface area contributed by atoms with Gasteiger partial charge >= 0.3 is 6.18 Å². The number of pyridine rings is 1. The Balaban J connectivity index is 1.92. The van der Waals surface area contributed by atoms with Crippen LogP contribution in [0.2, 0.25) is 0 Å². The molecule has 1 saturated carbocycles. The zero-order valence-electron chi connectivity index (χ0n) is 15.1. The summed E-state index contributed by atoms with van der Waals surface area (Å²) in [5, 5.41) is 4.14. The van der Waals surface area contributed by atoms with Crippen LogP contribution in [0.15, 0.2) is 30.5 Å². The van der Waals surface area contributed by atoms with Crippen LogP contribution >= 0.6 is 0 Å². The normalized spacial score (nSPS) is 24.1. The van der Waals surface area contributed by atoms with Crippen molar-refractivity contribution in [3.8, 4) is 0 Å². The number of nitrogens with one attached hydrogen (secondary N) is 1. The third-order valence-corrected chi connectivity index (χ3v) is 5.23. The molecule has 1 aliphatic carbocycles. The lowest BCUT2D eigenvalue weighted by molar-refractivity contribution is -0.136. The fourth-order valence-corrected chi connectivity index (χ4v) is 4.17. The van der Waals surface area contributed by atoms with Crippen LogP contribution in [0, 0.1) is 5.92 Å². The van der Waals surface area contributed by atoms with Gasteiger partial charge in [-0.15, -0.1) is 0 Å². The van der Waals surface area contributed by atoms with Crippen molar-refractivity contribution in [3.63, 3.8) is 0 Å². The first kappa shape index (κ1) is 19.1. The molecule has 0 saturated heterocycles. The molecule has 1 fully saturated rings. The molecule has 3 nitrogen and oxygen atoms in total. The number of nitrogens with zero attached hydrogens (tertiary/aromatic N) is 1. The van der Waals surface area contributed by atoms with Gasteiger partial charge in [-0.3, -0.25) is 4.98 Å². The number of aromatic nitrogens is 1. The van der Waals surface area contributed by atoms with E-state index in [4.69, 9.17) is 4.74 Å². The highest BCUT2D eigenvalue weighted by Crippen LogP contribution is 2.41. The minimum atomic E-state index is -4.39. The molecule has 0 amide bonds. The van der Waals surface area contributed by atoms with Crippen LogP contribution in [0.3, 0.4) is 0 Å². The molecule has 1 N–H and O–H groups in total. The molecule has 26 heavy (non-hydrogen) atoms. The Labute approximate surface area is 152 Å². The van der Waals surface area contributed by atoms with Gasteiger partial charge in [-0.1, -0.05) is 19.1 Å². The first-order valence-electron chi connectivity index (χ1n) is 9.07. The third kappa shape index (κ3) is 4.18. The molecule has 0 unspecified atom stereocenters. The van der Waals surface area contributed by atoms with Crippen molar-refractivity contribution >= 4 is 10.9 Å². The molecule has 3 rings (SSSR count). The van der Waals surface area contributed by atoms with Gasteiger partial charge in [-0.05, 0) is 48.8 Å². The molecule has 3 atom stereocenters. The molecule has 1 heterocycles. The van der Waals surface area contributed by atoms with E-state index in [1.54, 1.807) is 25.3 Å². The summed E-state index contributed by atoms with van der Waals surface area (Å²) >= 11 is 0. The first-order chi connectivity index (χ1) is 12.4. The predicted molar refractivity (Wildman–Crippen MR) is 96.2 cm³/mol. The molecule has 1 aromatic carbocycles. The number of hydrogen-bond donors (Lipinski definition) is 1. The second-order valence-corrected chi connectivity index (χ2v) is 7.25. The molecule has 1 aromatic heterocycles. The number of fused-ring (bicyclic) bond motifs is 1. The maximum atomic E-state index is 13.3. The number of hydrogen-bond acceptors (Lipinski definition) is 3. The number of ether oxygens (including phenoxy) is 1. The molecule has 142 valence electrons. The third-order valence-electron chi connectivity index (χ3n) is 5.23. The monoisotopic (exact) mass is 366 g/mol. The average Bonchev–Trinajstić information content (AvgIpc) is 2.59. The summed E-state index contributed by atoms with van der Waals surface area (Å²) in [6.45, 7) is 3.65. The summed E-state index contributed by atoms with van der Waals surface area (Å²) in [7, 11) is 1.68. The number of alkyl halides is 3. The van der Waals surface area contributed by atoms with E-state index in [0.29, 0.717) is 24.0 Å². The lowest BCUT2D eigenvalue weighted by atomic mass is 9.75. The van der Waals surface area contributed by atoms with Gasteiger partial charge in [0.2, 0.25) is 0 Å². The Kier molecular flexibility index (Phi) is 5.82. The zero-order valence-corrected chi connectivity index (χ0v) is 15.1. The van der Waals surface area contributed by atoms with Gasteiger partial charge in [-0.25, -0.2) is 0 Å². The van der Waals surface area contributed by atoms with Crippen LogP contribution in [0.25, 0.3) is 10.9 Å². The van der Waals surface area contributed by atoms with Crippen LogP contribution < -0.4 is 5.32 Å². The van der Waals surface area contributed by atoms with Crippen LogP contribution in [0.5, 0.6) is 0 Å². The Morgan fingerprint density at radius 2 is 2.00 bits per heavy atom. The van der Waals surface area contributed by atoms with E-state index in [2.05, 4.69) is 17.2 Å². The maximum absolute atomic E-state index is 13.3. The van der Waals surface area contributed by atoms with E-state index in [-0.39, 0.29) is 11.4 Å². The second kappa shape index (κ2) is 7.92. The van der Waals surface area contributed by atoms with Crippen molar-refractivity contribution in [3.05, 3.63) is 41.6 Å². The minimum absolute atomic E-state index is 0.0552. The summed E-state index contributed by atoms with van der Waals surface area (Å²) in [5.74, 6) is 0.746. The number of halogens is 3. The topological polar surface area (TPSA) is 34.1 Å². The molecular formula is C20H25F3N2O. The molecule has 1 aliphatic rings. The van der Waals surface area contributed by atoms with Crippen LogP contribution in [-0.2, 0) is 10.9 Å². The van der Waals surface area contributed by atoms with E-state index in [1.165, 1.54) is 12.3 Å². The molecule has 6 heteroatoms. The van der Waals surface area contributed by atoms with Gasteiger partial charge in [0.25, 0.3) is 0 Å². The van der Waals surface area contributed by atoms with Gasteiger partial charge < -0.3 is 10.1 Å². The Hall–Kier alpha value is -1.66. The summed E-state index contributed by atoms with van der Waals surface area (Å²) in [4.78, 5) is 4.05. The van der Waals surface area contributed by atoms with E-state index in [0.717, 1.165) is 31.4 Å². The lowest BCUT2D eigenvalue weighted by Gasteiger charge is -2.35. The summed E-state index contributed by atoms with van der Waals surface area (Å²) in [6, 6.07) is 6.68. The zero-order chi connectivity index (χ0) is 18.7. The fourth-order valence-electron chi connectivity index (χ4n) is 4.17. The molecule has 0 bridgehead atoms. The van der Waals surface area contributed by atoms with Gasteiger partial charge in [0.05, 0.1) is 17.7 Å². The smallest absolute Gasteiger partial charge is 0.383 e.